The van der Waals surface area contributed by atoms with Crippen LogP contribution in [0.4, 0.5) is 5.69 Å². The first-order chi connectivity index (χ1) is 12.2. The first-order valence-electron chi connectivity index (χ1n) is 7.73. The molecule has 1 amide bonds. The lowest BCUT2D eigenvalue weighted by atomic mass is 10.1. The fourth-order valence-corrected chi connectivity index (χ4v) is 2.81. The van der Waals surface area contributed by atoms with Crippen LogP contribution in [0.2, 0.25) is 5.02 Å². The number of rotatable bonds is 3. The van der Waals surface area contributed by atoms with Crippen LogP contribution in [-0.4, -0.2) is 22.5 Å². The Bertz CT molecular complexity index is 947. The van der Waals surface area contributed by atoms with Gasteiger partial charge in [-0.25, -0.2) is 4.98 Å². The van der Waals surface area contributed by atoms with Crippen LogP contribution in [0.15, 0.2) is 60.4 Å². The van der Waals surface area contributed by atoms with Gasteiger partial charge in [-0.2, -0.15) is 0 Å². The summed E-state index contributed by atoms with van der Waals surface area (Å²) in [5.74, 6) is 1.31. The first kappa shape index (κ1) is 15.5. The van der Waals surface area contributed by atoms with Gasteiger partial charge in [-0.15, -0.1) is 0 Å². The zero-order valence-corrected chi connectivity index (χ0v) is 13.9. The van der Waals surface area contributed by atoms with Crippen LogP contribution < -0.4 is 10.1 Å². The average molecular weight is 352 g/mol. The molecule has 0 spiro atoms. The van der Waals surface area contributed by atoms with Crippen molar-refractivity contribution in [2.24, 2.45) is 0 Å². The van der Waals surface area contributed by atoms with Gasteiger partial charge in [-0.1, -0.05) is 11.6 Å². The summed E-state index contributed by atoms with van der Waals surface area (Å²) in [7, 11) is 0. The summed E-state index contributed by atoms with van der Waals surface area (Å²) in [6.45, 7) is 0.227. The van der Waals surface area contributed by atoms with E-state index in [-0.39, 0.29) is 12.5 Å². The molecule has 1 aliphatic rings. The Morgan fingerprint density at radius 2 is 2.04 bits per heavy atom. The van der Waals surface area contributed by atoms with Gasteiger partial charge in [0.05, 0.1) is 5.57 Å². The molecule has 0 saturated carbocycles. The number of hydrogen-bond donors (Lipinski definition) is 2. The number of halogens is 1. The van der Waals surface area contributed by atoms with Crippen LogP contribution in [-0.2, 0) is 4.79 Å². The van der Waals surface area contributed by atoms with E-state index in [9.17, 15) is 4.79 Å². The third kappa shape index (κ3) is 3.27. The lowest BCUT2D eigenvalue weighted by molar-refractivity contribution is -0.113. The maximum absolute atomic E-state index is 12.5. The molecule has 5 nitrogen and oxygen atoms in total. The highest BCUT2D eigenvalue weighted by Crippen LogP contribution is 2.29. The number of hydrogen-bond acceptors (Lipinski definition) is 3. The fraction of sp³-hybridized carbons (Fsp3) is 0.0526. The molecular formula is C19H14ClN3O2. The van der Waals surface area contributed by atoms with Gasteiger partial charge in [0, 0.05) is 34.2 Å². The van der Waals surface area contributed by atoms with Crippen molar-refractivity contribution >= 4 is 29.3 Å². The van der Waals surface area contributed by atoms with Crippen LogP contribution in [0.3, 0.4) is 0 Å². The molecule has 2 N–H and O–H groups in total. The van der Waals surface area contributed by atoms with Crippen molar-refractivity contribution in [2.45, 2.75) is 0 Å². The predicted molar refractivity (Wildman–Crippen MR) is 97.6 cm³/mol. The van der Waals surface area contributed by atoms with Gasteiger partial charge >= 0.3 is 0 Å². The number of aromatic amines is 1. The van der Waals surface area contributed by atoms with Gasteiger partial charge < -0.3 is 15.0 Å². The Kier molecular flexibility index (Phi) is 3.99. The summed E-state index contributed by atoms with van der Waals surface area (Å²) in [4.78, 5) is 19.7. The van der Waals surface area contributed by atoms with Gasteiger partial charge in [-0.3, -0.25) is 4.79 Å². The number of nitrogens with one attached hydrogen (secondary N) is 2. The van der Waals surface area contributed by atoms with E-state index in [0.717, 1.165) is 22.7 Å². The van der Waals surface area contributed by atoms with E-state index in [1.165, 1.54) is 0 Å². The van der Waals surface area contributed by atoms with Gasteiger partial charge in [0.2, 0.25) is 0 Å². The SMILES string of the molecule is O=C(Nc1ccc(-c2ncc[nH]2)cc1)C1=Cc2cc(Cl)ccc2OC1. The summed E-state index contributed by atoms with van der Waals surface area (Å²) >= 11 is 6.00. The molecule has 0 atom stereocenters. The van der Waals surface area contributed by atoms with Crippen LogP contribution >= 0.6 is 11.6 Å². The Morgan fingerprint density at radius 1 is 1.20 bits per heavy atom. The smallest absolute Gasteiger partial charge is 0.255 e. The van der Waals surface area contributed by atoms with E-state index in [1.54, 1.807) is 36.7 Å². The van der Waals surface area contributed by atoms with Crippen molar-refractivity contribution in [1.82, 2.24) is 9.97 Å². The Morgan fingerprint density at radius 3 is 2.80 bits per heavy atom. The third-order valence-corrected chi connectivity index (χ3v) is 4.13. The van der Waals surface area contributed by atoms with Crippen molar-refractivity contribution in [3.63, 3.8) is 0 Å². The number of aromatic nitrogens is 2. The molecule has 6 heteroatoms. The van der Waals surface area contributed by atoms with E-state index >= 15 is 0 Å². The van der Waals surface area contributed by atoms with E-state index in [2.05, 4.69) is 15.3 Å². The summed E-state index contributed by atoms with van der Waals surface area (Å²) < 4.78 is 5.62. The number of ether oxygens (including phenoxy) is 1. The number of fused-ring (bicyclic) bond motifs is 1. The second-order valence-electron chi connectivity index (χ2n) is 5.61. The van der Waals surface area contributed by atoms with Gasteiger partial charge in [0.25, 0.3) is 5.91 Å². The number of nitrogens with zero attached hydrogens (tertiary/aromatic N) is 1. The third-order valence-electron chi connectivity index (χ3n) is 3.89. The van der Waals surface area contributed by atoms with Crippen molar-refractivity contribution in [3.8, 4) is 17.1 Å². The number of benzene rings is 2. The first-order valence-corrected chi connectivity index (χ1v) is 8.11. The molecule has 0 unspecified atom stereocenters. The molecule has 124 valence electrons. The number of imidazole rings is 1. The molecule has 2 heterocycles. The largest absolute Gasteiger partial charge is 0.488 e. The minimum absolute atomic E-state index is 0.198. The molecule has 0 radical (unpaired) electrons. The zero-order chi connectivity index (χ0) is 17.2. The van der Waals surface area contributed by atoms with Crippen LogP contribution in [0.25, 0.3) is 17.5 Å². The Hall–Kier alpha value is -3.05. The summed E-state index contributed by atoms with van der Waals surface area (Å²) in [5, 5.41) is 3.48. The van der Waals surface area contributed by atoms with Crippen molar-refractivity contribution in [2.75, 3.05) is 11.9 Å². The molecule has 0 fully saturated rings. The van der Waals surface area contributed by atoms with E-state index in [4.69, 9.17) is 16.3 Å². The molecular weight excluding hydrogens is 338 g/mol. The van der Waals surface area contributed by atoms with Crippen molar-refractivity contribution in [3.05, 3.63) is 71.0 Å². The highest BCUT2D eigenvalue weighted by Gasteiger charge is 2.17. The minimum Gasteiger partial charge on any atom is -0.488 e. The van der Waals surface area contributed by atoms with Crippen LogP contribution in [0.5, 0.6) is 5.75 Å². The number of carbonyl (C=O) groups is 1. The van der Waals surface area contributed by atoms with Crippen LogP contribution in [0, 0.1) is 0 Å². The van der Waals surface area contributed by atoms with E-state index in [0.29, 0.717) is 16.3 Å². The molecule has 4 rings (SSSR count). The summed E-state index contributed by atoms with van der Waals surface area (Å²) in [5.41, 5.74) is 3.01. The van der Waals surface area contributed by atoms with E-state index < -0.39 is 0 Å². The highest BCUT2D eigenvalue weighted by atomic mass is 35.5. The van der Waals surface area contributed by atoms with Gasteiger partial charge in [0.1, 0.15) is 18.2 Å². The minimum atomic E-state index is -0.198. The highest BCUT2D eigenvalue weighted by molar-refractivity contribution is 6.30. The molecule has 25 heavy (non-hydrogen) atoms. The zero-order valence-electron chi connectivity index (χ0n) is 13.1. The molecule has 1 aliphatic heterocycles. The maximum Gasteiger partial charge on any atom is 0.255 e. The Labute approximate surface area is 149 Å². The average Bonchev–Trinajstić information content (AvgIpc) is 3.16. The molecule has 0 aliphatic carbocycles. The summed E-state index contributed by atoms with van der Waals surface area (Å²) in [6, 6.07) is 12.8. The molecule has 0 bridgehead atoms. The number of anilines is 1. The second kappa shape index (κ2) is 6.45. The van der Waals surface area contributed by atoms with Crippen molar-refractivity contribution in [1.29, 1.82) is 0 Å². The second-order valence-corrected chi connectivity index (χ2v) is 6.05. The lowest BCUT2D eigenvalue weighted by Crippen LogP contribution is -2.21. The van der Waals surface area contributed by atoms with E-state index in [1.807, 2.05) is 24.3 Å². The van der Waals surface area contributed by atoms with Gasteiger partial charge in [0.15, 0.2) is 0 Å². The molecule has 2 aromatic carbocycles. The maximum atomic E-state index is 12.5. The lowest BCUT2D eigenvalue weighted by Gasteiger charge is -2.18. The number of carbonyl (C=O) groups excluding carboxylic acids is 1. The van der Waals surface area contributed by atoms with Crippen LogP contribution in [0.1, 0.15) is 5.56 Å². The Balaban J connectivity index is 1.50. The predicted octanol–water partition coefficient (Wildman–Crippen LogP) is 4.14. The molecule has 1 aromatic heterocycles. The molecule has 0 saturated heterocycles. The number of amides is 1. The van der Waals surface area contributed by atoms with Crippen molar-refractivity contribution < 1.29 is 9.53 Å². The fourth-order valence-electron chi connectivity index (χ4n) is 2.63. The molecule has 3 aromatic rings. The quantitative estimate of drug-likeness (QED) is 0.745. The standard InChI is InChI=1S/C19H14ClN3O2/c20-15-3-6-17-13(10-15)9-14(11-25-17)19(24)23-16-4-1-12(2-5-16)18-21-7-8-22-18/h1-10H,11H2,(H,21,22)(H,23,24). The normalized spacial score (nSPS) is 12.8. The summed E-state index contributed by atoms with van der Waals surface area (Å²) in [6.07, 6.45) is 5.27. The number of H-pyrrole nitrogens is 1. The van der Waals surface area contributed by atoms with Gasteiger partial charge in [-0.05, 0) is 48.5 Å². The monoisotopic (exact) mass is 351 g/mol. The topological polar surface area (TPSA) is 67.0 Å².